The fraction of sp³-hybridized carbons (Fsp3) is 0.267. The first-order chi connectivity index (χ1) is 18.0. The van der Waals surface area contributed by atoms with Gasteiger partial charge in [0, 0.05) is 43.8 Å². The van der Waals surface area contributed by atoms with Crippen LogP contribution in [0.5, 0.6) is 0 Å². The minimum atomic E-state index is -0.509. The molecule has 1 aromatic heterocycles. The average Bonchev–Trinajstić information content (AvgIpc) is 3.33. The number of rotatable bonds is 13. The number of primary amides is 1. The lowest BCUT2D eigenvalue weighted by Crippen LogP contribution is -2.50. The molecule has 2 amide bonds. The number of hydrogen-bond acceptors (Lipinski definition) is 4. The molecule has 4 aromatic rings. The summed E-state index contributed by atoms with van der Waals surface area (Å²) in [5.41, 5.74) is 9.95. The highest BCUT2D eigenvalue weighted by Crippen LogP contribution is 2.19. The summed E-state index contributed by atoms with van der Waals surface area (Å²) in [6.07, 6.45) is 3.00. The van der Waals surface area contributed by atoms with Crippen LogP contribution in [0.1, 0.15) is 16.7 Å². The van der Waals surface area contributed by atoms with Crippen LogP contribution in [0.2, 0.25) is 0 Å². The van der Waals surface area contributed by atoms with Crippen molar-refractivity contribution in [3.05, 3.63) is 108 Å². The van der Waals surface area contributed by atoms with Crippen molar-refractivity contribution < 1.29 is 9.59 Å². The van der Waals surface area contributed by atoms with Crippen molar-refractivity contribution in [1.29, 1.82) is 0 Å². The molecule has 0 fully saturated rings. The second-order valence-electron chi connectivity index (χ2n) is 9.35. The third kappa shape index (κ3) is 7.29. The number of nitrogens with two attached hydrogens (primary N) is 1. The predicted octanol–water partition coefficient (Wildman–Crippen LogP) is 3.01. The van der Waals surface area contributed by atoms with Gasteiger partial charge in [-0.15, -0.1) is 0 Å². The topological polar surface area (TPSA) is 103 Å². The maximum atomic E-state index is 13.4. The summed E-state index contributed by atoms with van der Waals surface area (Å²) in [5, 5.41) is 7.77. The Morgan fingerprint density at radius 3 is 2.08 bits per heavy atom. The van der Waals surface area contributed by atoms with E-state index in [2.05, 4.69) is 15.6 Å². The molecule has 0 aliphatic heterocycles. The number of carbonyl (C=O) groups is 2. The van der Waals surface area contributed by atoms with Crippen LogP contribution in [0.4, 0.5) is 0 Å². The number of fused-ring (bicyclic) bond motifs is 1. The number of carbonyl (C=O) groups excluding carboxylic acids is 2. The van der Waals surface area contributed by atoms with Gasteiger partial charge in [-0.3, -0.25) is 9.59 Å². The summed E-state index contributed by atoms with van der Waals surface area (Å²) in [5.74, 6) is -0.372. The molecule has 0 bridgehead atoms. The molecule has 0 saturated heterocycles. The summed E-state index contributed by atoms with van der Waals surface area (Å²) >= 11 is 0. The van der Waals surface area contributed by atoms with E-state index in [0.29, 0.717) is 32.5 Å². The van der Waals surface area contributed by atoms with Crippen LogP contribution in [0.25, 0.3) is 10.9 Å². The molecule has 7 heteroatoms. The van der Waals surface area contributed by atoms with Crippen molar-refractivity contribution in [3.8, 4) is 0 Å². The summed E-state index contributed by atoms with van der Waals surface area (Å²) in [4.78, 5) is 30.6. The van der Waals surface area contributed by atoms with E-state index in [4.69, 9.17) is 5.73 Å². The Morgan fingerprint density at radius 2 is 1.41 bits per heavy atom. The minimum Gasteiger partial charge on any atom is -0.368 e. The lowest BCUT2D eigenvalue weighted by atomic mass is 10.0. The minimum absolute atomic E-state index is 0.0259. The van der Waals surface area contributed by atoms with E-state index < -0.39 is 18.0 Å². The van der Waals surface area contributed by atoms with Crippen molar-refractivity contribution in [2.45, 2.75) is 31.5 Å². The van der Waals surface area contributed by atoms with Gasteiger partial charge in [0.2, 0.25) is 11.8 Å². The first kappa shape index (κ1) is 26.1. The van der Waals surface area contributed by atoms with Crippen molar-refractivity contribution in [2.24, 2.45) is 5.73 Å². The SMILES string of the molecule is CN(Cc1ccccc1)C(=O)C(Cc1ccccc1)NCCNC(Cc1c[nH]c2ccccc12)C(N)=O. The van der Waals surface area contributed by atoms with Gasteiger partial charge in [-0.25, -0.2) is 0 Å². The van der Waals surface area contributed by atoms with Gasteiger partial charge in [-0.05, 0) is 35.6 Å². The van der Waals surface area contributed by atoms with Crippen molar-refractivity contribution in [2.75, 3.05) is 20.1 Å². The van der Waals surface area contributed by atoms with Crippen LogP contribution in [-0.4, -0.2) is 53.9 Å². The number of para-hydroxylation sites is 1. The summed E-state index contributed by atoms with van der Waals surface area (Å²) in [7, 11) is 1.83. The Labute approximate surface area is 218 Å². The van der Waals surface area contributed by atoms with Gasteiger partial charge in [0.25, 0.3) is 0 Å². The number of aromatic nitrogens is 1. The summed E-state index contributed by atoms with van der Waals surface area (Å²) < 4.78 is 0. The largest absolute Gasteiger partial charge is 0.368 e. The van der Waals surface area contributed by atoms with Gasteiger partial charge in [0.1, 0.15) is 0 Å². The van der Waals surface area contributed by atoms with Crippen molar-refractivity contribution in [1.82, 2.24) is 20.5 Å². The Morgan fingerprint density at radius 1 is 0.811 bits per heavy atom. The standard InChI is InChI=1S/C30H35N5O2/c1-35(21-23-12-6-3-7-13-23)30(37)28(18-22-10-4-2-5-11-22)33-17-16-32-27(29(31)36)19-24-20-34-26-15-9-8-14-25(24)26/h2-15,20,27-28,32-34H,16-19,21H2,1H3,(H2,31,36). The zero-order chi connectivity index (χ0) is 26.0. The quantitative estimate of drug-likeness (QED) is 0.213. The van der Waals surface area contributed by atoms with Gasteiger partial charge in [0.05, 0.1) is 12.1 Å². The molecule has 4 rings (SSSR count). The molecule has 1 heterocycles. The third-order valence-corrected chi connectivity index (χ3v) is 6.57. The molecule has 0 saturated carbocycles. The number of likely N-dealkylation sites (N-methyl/N-ethyl adjacent to an activating group) is 1. The Kier molecular flexibility index (Phi) is 9.08. The zero-order valence-electron chi connectivity index (χ0n) is 21.2. The van der Waals surface area contributed by atoms with Gasteiger partial charge in [-0.1, -0.05) is 78.9 Å². The molecule has 37 heavy (non-hydrogen) atoms. The Balaban J connectivity index is 1.36. The number of nitrogens with one attached hydrogen (secondary N) is 3. The molecule has 3 aromatic carbocycles. The molecular weight excluding hydrogens is 462 g/mol. The van der Waals surface area contributed by atoms with Crippen LogP contribution in [0, 0.1) is 0 Å². The van der Waals surface area contributed by atoms with E-state index in [0.717, 1.165) is 27.6 Å². The molecule has 0 spiro atoms. The molecule has 0 aliphatic rings. The number of nitrogens with zero attached hydrogens (tertiary/aromatic N) is 1. The lowest BCUT2D eigenvalue weighted by Gasteiger charge is -2.25. The van der Waals surface area contributed by atoms with Crippen LogP contribution < -0.4 is 16.4 Å². The van der Waals surface area contributed by atoms with Crippen LogP contribution in [0.3, 0.4) is 0 Å². The van der Waals surface area contributed by atoms with E-state index in [1.807, 2.05) is 98.2 Å². The maximum absolute atomic E-state index is 13.4. The number of aromatic amines is 1. The Bertz CT molecular complexity index is 1290. The van der Waals surface area contributed by atoms with Crippen LogP contribution in [0.15, 0.2) is 91.1 Å². The van der Waals surface area contributed by atoms with Crippen LogP contribution >= 0.6 is 0 Å². The molecule has 192 valence electrons. The number of benzene rings is 3. The number of hydrogen-bond donors (Lipinski definition) is 4. The molecule has 5 N–H and O–H groups in total. The zero-order valence-corrected chi connectivity index (χ0v) is 21.2. The highest BCUT2D eigenvalue weighted by Gasteiger charge is 2.23. The van der Waals surface area contributed by atoms with Gasteiger partial charge in [-0.2, -0.15) is 0 Å². The molecule has 0 aliphatic carbocycles. The molecule has 7 nitrogen and oxygen atoms in total. The number of amides is 2. The number of H-pyrrole nitrogens is 1. The van der Waals surface area contributed by atoms with Gasteiger partial charge < -0.3 is 26.3 Å². The second kappa shape index (κ2) is 12.9. The first-order valence-corrected chi connectivity index (χ1v) is 12.6. The van der Waals surface area contributed by atoms with Crippen molar-refractivity contribution in [3.63, 3.8) is 0 Å². The lowest BCUT2D eigenvalue weighted by molar-refractivity contribution is -0.132. The summed E-state index contributed by atoms with van der Waals surface area (Å²) in [6, 6.07) is 27.0. The normalized spacial score (nSPS) is 12.8. The molecular formula is C30H35N5O2. The Hall–Kier alpha value is -3.94. The summed E-state index contributed by atoms with van der Waals surface area (Å²) in [6.45, 7) is 1.55. The van der Waals surface area contributed by atoms with E-state index in [-0.39, 0.29) is 5.91 Å². The fourth-order valence-corrected chi connectivity index (χ4v) is 4.58. The first-order valence-electron chi connectivity index (χ1n) is 12.6. The van der Waals surface area contributed by atoms with Crippen LogP contribution in [-0.2, 0) is 29.0 Å². The van der Waals surface area contributed by atoms with Gasteiger partial charge >= 0.3 is 0 Å². The van der Waals surface area contributed by atoms with E-state index >= 15 is 0 Å². The highest BCUT2D eigenvalue weighted by atomic mass is 16.2. The predicted molar refractivity (Wildman–Crippen MR) is 148 cm³/mol. The van der Waals surface area contributed by atoms with E-state index in [1.165, 1.54) is 0 Å². The highest BCUT2D eigenvalue weighted by molar-refractivity contribution is 5.85. The molecule has 2 unspecified atom stereocenters. The van der Waals surface area contributed by atoms with E-state index in [9.17, 15) is 9.59 Å². The molecule has 2 atom stereocenters. The smallest absolute Gasteiger partial charge is 0.240 e. The fourth-order valence-electron chi connectivity index (χ4n) is 4.58. The second-order valence-corrected chi connectivity index (χ2v) is 9.35. The van der Waals surface area contributed by atoms with E-state index in [1.54, 1.807) is 4.90 Å². The average molecular weight is 498 g/mol. The maximum Gasteiger partial charge on any atom is 0.240 e. The van der Waals surface area contributed by atoms with Gasteiger partial charge in [0.15, 0.2) is 0 Å². The third-order valence-electron chi connectivity index (χ3n) is 6.57. The van der Waals surface area contributed by atoms with Crippen molar-refractivity contribution >= 4 is 22.7 Å². The monoisotopic (exact) mass is 497 g/mol. The molecule has 0 radical (unpaired) electrons.